The molecule has 0 N–H and O–H groups in total. The van der Waals surface area contributed by atoms with Gasteiger partial charge in [0, 0.05) is 48.2 Å². The van der Waals surface area contributed by atoms with Crippen molar-refractivity contribution in [1.29, 1.82) is 0 Å². The largest absolute Gasteiger partial charge is 0.493 e. The lowest BCUT2D eigenvalue weighted by atomic mass is 10.1. The van der Waals surface area contributed by atoms with E-state index in [1.807, 2.05) is 78.9 Å². The van der Waals surface area contributed by atoms with Gasteiger partial charge in [-0.25, -0.2) is 0 Å². The van der Waals surface area contributed by atoms with Crippen molar-refractivity contribution in [2.75, 3.05) is 52.9 Å². The first-order valence-corrected chi connectivity index (χ1v) is 48.1. The van der Waals surface area contributed by atoms with E-state index in [2.05, 4.69) is 104 Å². The molecule has 7 aromatic rings. The van der Waals surface area contributed by atoms with Gasteiger partial charge in [0.05, 0.1) is 52.9 Å². The summed E-state index contributed by atoms with van der Waals surface area (Å²) in [5, 5.41) is 0. The van der Waals surface area contributed by atoms with Gasteiger partial charge in [0.2, 0.25) is 0 Å². The maximum atomic E-state index is 6.82. The van der Waals surface area contributed by atoms with Crippen LogP contribution in [-0.2, 0) is 45.4 Å². The number of ether oxygens (including phenoxy) is 14. The van der Waals surface area contributed by atoms with Gasteiger partial charge >= 0.3 is 0 Å². The van der Waals surface area contributed by atoms with E-state index in [1.54, 1.807) is 0 Å². The highest BCUT2D eigenvalue weighted by atomic mass is 32.1. The van der Waals surface area contributed by atoms with Crippen LogP contribution >= 0.6 is 12.6 Å². The summed E-state index contributed by atoms with van der Waals surface area (Å²) >= 11 is 4.82. The van der Waals surface area contributed by atoms with E-state index >= 15 is 0 Å². The Morgan fingerprint density at radius 2 is 0.258 bits per heavy atom. The summed E-state index contributed by atoms with van der Waals surface area (Å²) in [6.07, 6.45) is 46.3. The van der Waals surface area contributed by atoms with E-state index in [-0.39, 0.29) is 39.6 Å². The highest BCUT2D eigenvalue weighted by Gasteiger charge is 2.16. The number of unbranched alkanes of at least 4 members (excludes halogenated alkanes) is 32. The molecule has 15 heteroatoms. The van der Waals surface area contributed by atoms with E-state index in [1.165, 1.54) is 154 Å². The monoisotopic (exact) mass is 1670 g/mol. The van der Waals surface area contributed by atoms with Crippen LogP contribution in [0.15, 0.2) is 127 Å². The smallest absolute Gasteiger partial charge is 0.123 e. The summed E-state index contributed by atoms with van der Waals surface area (Å²) in [6, 6.07) is 42.7. The molecule has 0 fully saturated rings. The lowest BCUT2D eigenvalue weighted by Crippen LogP contribution is -2.05. The van der Waals surface area contributed by atoms with Crippen LogP contribution in [0.25, 0.3) is 0 Å². The average molecular weight is 1670 g/mol. The molecule has 0 amide bonds. The standard InChI is InChI=1S/C105H156O14S/c1-9-17-25-33-41-49-106-92-57-85(58-93(71-92)107-50-42-34-26-18-10-2)78-114-100-65-89(66-101(75-100)115-79-86-59-94(108-51-43-35-27-19-11-3)72-95(60-86)109-52-44-36-28-20-12-4)82-118-104-69-91(84-120)70-105(77-104)119-83-90-67-102(116-80-87-61-96(110-53-45-37-29-21-13-5)73-97(62-87)111-54-46-38-30-22-14-6)76-103(68-90)117-81-88-63-98(112-55-47-39-31-23-15-7)74-99(64-88)113-56-48-40-32-24-16-8/h57-77,120H,9-56,78-84H2,1-8H3. The molecule has 0 saturated heterocycles. The van der Waals surface area contributed by atoms with Crippen LogP contribution in [0, 0.1) is 0 Å². The first-order valence-electron chi connectivity index (χ1n) is 47.5. The van der Waals surface area contributed by atoms with Crippen LogP contribution in [0.5, 0.6) is 80.5 Å². The second kappa shape index (κ2) is 64.0. The minimum absolute atomic E-state index is 0.195. The molecule has 7 rings (SSSR count). The van der Waals surface area contributed by atoms with E-state index in [0.29, 0.717) is 93.1 Å². The molecule has 7 aromatic carbocycles. The molecule has 0 aliphatic carbocycles. The molecule has 0 radical (unpaired) electrons. The van der Waals surface area contributed by atoms with Gasteiger partial charge in [-0.2, -0.15) is 12.6 Å². The zero-order valence-corrected chi connectivity index (χ0v) is 76.6. The molecule has 0 aliphatic heterocycles. The first-order chi connectivity index (χ1) is 59.1. The van der Waals surface area contributed by atoms with Gasteiger partial charge < -0.3 is 66.3 Å². The Kier molecular flexibility index (Phi) is 52.9. The van der Waals surface area contributed by atoms with Crippen LogP contribution in [0.4, 0.5) is 0 Å². The van der Waals surface area contributed by atoms with Gasteiger partial charge in [0.25, 0.3) is 0 Å². The molecule has 0 saturated carbocycles. The second-order valence-corrected chi connectivity index (χ2v) is 33.0. The molecule has 666 valence electrons. The molecule has 120 heavy (non-hydrogen) atoms. The Morgan fingerprint density at radius 1 is 0.142 bits per heavy atom. The maximum Gasteiger partial charge on any atom is 0.123 e. The topological polar surface area (TPSA) is 129 Å². The van der Waals surface area contributed by atoms with Crippen LogP contribution in [0.3, 0.4) is 0 Å². The van der Waals surface area contributed by atoms with Crippen molar-refractivity contribution in [2.45, 2.75) is 358 Å². The minimum atomic E-state index is 0.195. The molecule has 0 spiro atoms. The summed E-state index contributed by atoms with van der Waals surface area (Å²) < 4.78 is 92.4. The molecule has 0 atom stereocenters. The predicted octanol–water partition coefficient (Wildman–Crippen LogP) is 30.4. The number of rotatable bonds is 75. The molecule has 14 nitrogen and oxygen atoms in total. The normalized spacial score (nSPS) is 11.2. The maximum absolute atomic E-state index is 6.82. The zero-order valence-electron chi connectivity index (χ0n) is 75.7. The summed E-state index contributed by atoms with van der Waals surface area (Å²) in [5.74, 6) is 10.5. The number of hydrogen-bond donors (Lipinski definition) is 1. The van der Waals surface area contributed by atoms with Crippen molar-refractivity contribution >= 4 is 12.6 Å². The van der Waals surface area contributed by atoms with Gasteiger partial charge in [0.1, 0.15) is 120 Å². The molecular weight excluding hydrogens is 1520 g/mol. The minimum Gasteiger partial charge on any atom is -0.493 e. The van der Waals surface area contributed by atoms with E-state index in [4.69, 9.17) is 78.9 Å². The number of benzene rings is 7. The molecule has 0 bridgehead atoms. The third-order valence-corrected chi connectivity index (χ3v) is 21.7. The summed E-state index contributed by atoms with van der Waals surface area (Å²) in [4.78, 5) is 0. The van der Waals surface area contributed by atoms with Crippen molar-refractivity contribution < 1.29 is 66.3 Å². The average Bonchev–Trinajstić information content (AvgIpc) is 0.841. The fourth-order valence-electron chi connectivity index (χ4n) is 14.3. The summed E-state index contributed by atoms with van der Waals surface area (Å²) in [5.41, 5.74) is 6.41. The predicted molar refractivity (Wildman–Crippen MR) is 498 cm³/mol. The number of hydrogen-bond acceptors (Lipinski definition) is 15. The van der Waals surface area contributed by atoms with Crippen LogP contribution in [-0.4, -0.2) is 52.9 Å². The fourth-order valence-corrected chi connectivity index (χ4v) is 14.5. The Labute approximate surface area is 732 Å². The Balaban J connectivity index is 1.17. The van der Waals surface area contributed by atoms with Crippen molar-refractivity contribution in [3.8, 4) is 80.5 Å². The molecule has 0 heterocycles. The SMILES string of the molecule is CCCCCCCOc1cc(COc2cc(COc3cc(CS)cc(OCc4cc(OCc5cc(OCCCCCCC)cc(OCCCCCCC)c5)cc(OCc5cc(OCCCCCCC)cc(OCCCCCCC)c5)c4)c3)cc(OCc3cc(OCCCCCCC)cc(OCCCCCCC)c3)c2)cc(OCCCCCCC)c1. The highest BCUT2D eigenvalue weighted by molar-refractivity contribution is 7.79. The van der Waals surface area contributed by atoms with Gasteiger partial charge in [-0.3, -0.25) is 0 Å². The van der Waals surface area contributed by atoms with E-state index in [0.717, 1.165) is 188 Å². The van der Waals surface area contributed by atoms with Gasteiger partial charge in [-0.05, 0) is 175 Å². The van der Waals surface area contributed by atoms with Crippen molar-refractivity contribution in [1.82, 2.24) is 0 Å². The molecule has 0 unspecified atom stereocenters. The molecule has 0 aliphatic rings. The van der Waals surface area contributed by atoms with Crippen molar-refractivity contribution in [3.63, 3.8) is 0 Å². The zero-order chi connectivity index (χ0) is 84.8. The lowest BCUT2D eigenvalue weighted by molar-refractivity contribution is 0.271. The van der Waals surface area contributed by atoms with Crippen molar-refractivity contribution in [2.24, 2.45) is 0 Å². The summed E-state index contributed by atoms with van der Waals surface area (Å²) in [6.45, 7) is 24.6. The van der Waals surface area contributed by atoms with Gasteiger partial charge in [-0.15, -0.1) is 0 Å². The van der Waals surface area contributed by atoms with Gasteiger partial charge in [0.15, 0.2) is 0 Å². The lowest BCUT2D eigenvalue weighted by Gasteiger charge is -2.17. The van der Waals surface area contributed by atoms with Crippen LogP contribution < -0.4 is 66.3 Å². The Morgan fingerprint density at radius 3 is 0.383 bits per heavy atom. The van der Waals surface area contributed by atoms with Crippen LogP contribution in [0.1, 0.15) is 351 Å². The van der Waals surface area contributed by atoms with Crippen molar-refractivity contribution in [3.05, 3.63) is 166 Å². The number of thiol groups is 1. The second-order valence-electron chi connectivity index (χ2n) is 32.7. The Hall–Kier alpha value is -7.91. The third-order valence-electron chi connectivity index (χ3n) is 21.3. The third kappa shape index (κ3) is 44.2. The van der Waals surface area contributed by atoms with E-state index in [9.17, 15) is 0 Å². The molecule has 0 aromatic heterocycles. The van der Waals surface area contributed by atoms with E-state index < -0.39 is 0 Å². The first kappa shape index (κ1) is 99.2. The van der Waals surface area contributed by atoms with Crippen LogP contribution in [0.2, 0.25) is 0 Å². The summed E-state index contributed by atoms with van der Waals surface area (Å²) in [7, 11) is 0. The molecular formula is C105H156O14S. The Bertz CT molecular complexity index is 3210. The quantitative estimate of drug-likeness (QED) is 0.0287. The van der Waals surface area contributed by atoms with Gasteiger partial charge in [-0.1, -0.05) is 261 Å². The highest BCUT2D eigenvalue weighted by Crippen LogP contribution is 2.35. The fraction of sp³-hybridized carbons (Fsp3) is 0.600.